The second kappa shape index (κ2) is 6.93. The quantitative estimate of drug-likeness (QED) is 0.404. The number of carbonyl (C=O) groups excluding carboxylic acids is 2. The van der Waals surface area contributed by atoms with E-state index in [2.05, 4.69) is 13.2 Å². The molecule has 0 radical (unpaired) electrons. The largest absolute Gasteiger partial charge is 0.419 e. The van der Waals surface area contributed by atoms with Crippen molar-refractivity contribution in [2.24, 2.45) is 0 Å². The minimum absolute atomic E-state index is 0.0733. The minimum Gasteiger partial charge on any atom is -0.419 e. The van der Waals surface area contributed by atoms with Crippen molar-refractivity contribution in [1.29, 1.82) is 0 Å². The van der Waals surface area contributed by atoms with Crippen molar-refractivity contribution >= 4 is 11.9 Å². The van der Waals surface area contributed by atoms with Gasteiger partial charge in [0.15, 0.2) is 6.10 Å². The maximum absolute atomic E-state index is 11.3. The van der Waals surface area contributed by atoms with Crippen molar-refractivity contribution < 1.29 is 29.3 Å². The van der Waals surface area contributed by atoms with E-state index >= 15 is 0 Å². The first-order valence-corrected chi connectivity index (χ1v) is 5.26. The van der Waals surface area contributed by atoms with Gasteiger partial charge in [-0.15, -0.1) is 0 Å². The molecule has 0 amide bonds. The van der Waals surface area contributed by atoms with Gasteiger partial charge in [0.25, 0.3) is 6.29 Å². The van der Waals surface area contributed by atoms with Crippen LogP contribution in [0.4, 0.5) is 0 Å². The van der Waals surface area contributed by atoms with E-state index in [0.29, 0.717) is 0 Å². The van der Waals surface area contributed by atoms with E-state index in [1.54, 1.807) is 0 Å². The van der Waals surface area contributed by atoms with Crippen LogP contribution in [-0.2, 0) is 19.1 Å². The van der Waals surface area contributed by atoms with Gasteiger partial charge in [-0.1, -0.05) is 13.2 Å². The van der Waals surface area contributed by atoms with Gasteiger partial charge < -0.3 is 19.7 Å². The van der Waals surface area contributed by atoms with Crippen LogP contribution in [0.1, 0.15) is 20.8 Å². The zero-order valence-electron chi connectivity index (χ0n) is 10.7. The molecule has 0 aliphatic rings. The second-order valence-electron chi connectivity index (χ2n) is 3.97. The molecule has 0 aromatic carbocycles. The molecule has 2 N–H and O–H groups in total. The third-order valence-corrected chi connectivity index (χ3v) is 1.92. The molecule has 0 bridgehead atoms. The molecule has 0 aliphatic carbocycles. The summed E-state index contributed by atoms with van der Waals surface area (Å²) in [7, 11) is 0. The molecular weight excluding hydrogens is 240 g/mol. The molecule has 0 saturated heterocycles. The maximum atomic E-state index is 11.3. The van der Waals surface area contributed by atoms with Crippen molar-refractivity contribution in [3.8, 4) is 0 Å². The molecule has 0 aromatic rings. The Bertz CT molecular complexity index is 330. The normalized spacial score (nSPS) is 13.7. The fourth-order valence-corrected chi connectivity index (χ4v) is 0.803. The van der Waals surface area contributed by atoms with Gasteiger partial charge >= 0.3 is 11.9 Å². The van der Waals surface area contributed by atoms with Gasteiger partial charge in [-0.25, -0.2) is 9.59 Å². The van der Waals surface area contributed by atoms with E-state index in [0.717, 1.165) is 0 Å². The number of rotatable bonds is 6. The lowest BCUT2D eigenvalue weighted by molar-refractivity contribution is -0.211. The lowest BCUT2D eigenvalue weighted by Crippen LogP contribution is -2.42. The summed E-state index contributed by atoms with van der Waals surface area (Å²) in [5.41, 5.74) is 0.147. The first kappa shape index (κ1) is 16.3. The van der Waals surface area contributed by atoms with Crippen molar-refractivity contribution in [3.63, 3.8) is 0 Å². The number of aliphatic hydroxyl groups is 2. The van der Waals surface area contributed by atoms with E-state index in [1.807, 2.05) is 0 Å². The summed E-state index contributed by atoms with van der Waals surface area (Å²) in [6.07, 6.45) is -4.42. The molecule has 0 rings (SSSR count). The Morgan fingerprint density at radius 1 is 1.00 bits per heavy atom. The summed E-state index contributed by atoms with van der Waals surface area (Å²) in [5, 5.41) is 18.8. The molecule has 6 nitrogen and oxygen atoms in total. The van der Waals surface area contributed by atoms with Crippen LogP contribution in [0.25, 0.3) is 0 Å². The van der Waals surface area contributed by atoms with Crippen molar-refractivity contribution in [2.45, 2.75) is 39.3 Å². The first-order chi connectivity index (χ1) is 8.16. The van der Waals surface area contributed by atoms with E-state index in [1.165, 1.54) is 20.8 Å². The molecule has 18 heavy (non-hydrogen) atoms. The molecule has 0 saturated carbocycles. The average Bonchev–Trinajstić information content (AvgIpc) is 2.26. The van der Waals surface area contributed by atoms with Gasteiger partial charge in [0.1, 0.15) is 0 Å². The van der Waals surface area contributed by atoms with Gasteiger partial charge in [0, 0.05) is 11.1 Å². The number of aliphatic hydroxyl groups excluding tert-OH is 2. The second-order valence-corrected chi connectivity index (χ2v) is 3.97. The van der Waals surface area contributed by atoms with E-state index in [-0.39, 0.29) is 11.1 Å². The molecule has 0 fully saturated rings. The number of ether oxygens (including phenoxy) is 2. The monoisotopic (exact) mass is 258 g/mol. The van der Waals surface area contributed by atoms with Crippen LogP contribution in [0.2, 0.25) is 0 Å². The third kappa shape index (κ3) is 5.11. The van der Waals surface area contributed by atoms with Crippen LogP contribution in [0, 0.1) is 0 Å². The Morgan fingerprint density at radius 2 is 1.33 bits per heavy atom. The molecule has 0 heterocycles. The lowest BCUT2D eigenvalue weighted by atomic mass is 10.2. The Morgan fingerprint density at radius 3 is 1.56 bits per heavy atom. The summed E-state index contributed by atoms with van der Waals surface area (Å²) in [6, 6.07) is 0. The van der Waals surface area contributed by atoms with Crippen LogP contribution in [0.3, 0.4) is 0 Å². The predicted octanol–water partition coefficient (Wildman–Crippen LogP) is 0.293. The molecule has 0 aliphatic heterocycles. The zero-order chi connectivity index (χ0) is 14.5. The van der Waals surface area contributed by atoms with Crippen LogP contribution >= 0.6 is 0 Å². The van der Waals surface area contributed by atoms with Gasteiger partial charge in [0.2, 0.25) is 0 Å². The van der Waals surface area contributed by atoms with E-state index in [4.69, 9.17) is 9.47 Å². The summed E-state index contributed by atoms with van der Waals surface area (Å²) < 4.78 is 9.45. The standard InChI is InChI=1S/C12H18O6/c1-6(2)10(15)17-12(9(14)8(5)13)18-11(16)7(3)4/h8-9,12-14H,1,3H2,2,4-5H3. The van der Waals surface area contributed by atoms with Gasteiger partial charge in [-0.3, -0.25) is 0 Å². The molecule has 6 heteroatoms. The maximum Gasteiger partial charge on any atom is 0.336 e. The molecule has 0 spiro atoms. The number of esters is 2. The Labute approximate surface area is 106 Å². The van der Waals surface area contributed by atoms with E-state index < -0.39 is 30.4 Å². The fraction of sp³-hybridized carbons (Fsp3) is 0.500. The first-order valence-electron chi connectivity index (χ1n) is 5.26. The van der Waals surface area contributed by atoms with Crippen molar-refractivity contribution in [3.05, 3.63) is 24.3 Å². The lowest BCUT2D eigenvalue weighted by Gasteiger charge is -2.24. The Kier molecular flexibility index (Phi) is 6.29. The summed E-state index contributed by atoms with van der Waals surface area (Å²) in [4.78, 5) is 22.6. The highest BCUT2D eigenvalue weighted by Gasteiger charge is 2.31. The fourth-order valence-electron chi connectivity index (χ4n) is 0.803. The summed E-state index contributed by atoms with van der Waals surface area (Å²) >= 11 is 0. The van der Waals surface area contributed by atoms with Crippen molar-refractivity contribution in [2.75, 3.05) is 0 Å². The Balaban J connectivity index is 4.83. The van der Waals surface area contributed by atoms with Crippen LogP contribution in [0.5, 0.6) is 0 Å². The average molecular weight is 258 g/mol. The molecule has 2 unspecified atom stereocenters. The SMILES string of the molecule is C=C(C)C(=O)OC(OC(=O)C(=C)C)C(O)C(C)O. The highest BCUT2D eigenvalue weighted by Crippen LogP contribution is 2.11. The highest BCUT2D eigenvalue weighted by atomic mass is 16.7. The third-order valence-electron chi connectivity index (χ3n) is 1.92. The number of hydrogen-bond acceptors (Lipinski definition) is 6. The highest BCUT2D eigenvalue weighted by molar-refractivity contribution is 5.88. The number of carbonyl (C=O) groups is 2. The van der Waals surface area contributed by atoms with Gasteiger partial charge in [-0.2, -0.15) is 0 Å². The van der Waals surface area contributed by atoms with Gasteiger partial charge in [-0.05, 0) is 20.8 Å². The van der Waals surface area contributed by atoms with E-state index in [9.17, 15) is 19.8 Å². The van der Waals surface area contributed by atoms with Crippen molar-refractivity contribution in [1.82, 2.24) is 0 Å². The minimum atomic E-state index is -1.61. The number of hydrogen-bond donors (Lipinski definition) is 2. The topological polar surface area (TPSA) is 93.1 Å². The molecule has 2 atom stereocenters. The molecular formula is C12H18O6. The summed E-state index contributed by atoms with van der Waals surface area (Å²) in [5.74, 6) is -1.68. The van der Waals surface area contributed by atoms with Gasteiger partial charge in [0.05, 0.1) is 6.10 Å². The zero-order valence-corrected chi connectivity index (χ0v) is 10.7. The van der Waals surface area contributed by atoms with Crippen LogP contribution in [-0.4, -0.2) is 40.6 Å². The van der Waals surface area contributed by atoms with Crippen LogP contribution in [0.15, 0.2) is 24.3 Å². The molecule has 102 valence electrons. The Hall–Kier alpha value is -1.66. The summed E-state index contributed by atoms with van der Waals surface area (Å²) in [6.45, 7) is 10.8. The molecule has 0 aromatic heterocycles. The smallest absolute Gasteiger partial charge is 0.336 e. The predicted molar refractivity (Wildman–Crippen MR) is 63.3 cm³/mol. The van der Waals surface area contributed by atoms with Crippen LogP contribution < -0.4 is 0 Å².